The Morgan fingerprint density at radius 1 is 1.19 bits per heavy atom. The summed E-state index contributed by atoms with van der Waals surface area (Å²) in [5.74, 6) is -0.692. The van der Waals surface area contributed by atoms with Crippen molar-refractivity contribution in [3.05, 3.63) is 59.5 Å². The highest BCUT2D eigenvalue weighted by atomic mass is 32.1. The summed E-state index contributed by atoms with van der Waals surface area (Å²) in [6.07, 6.45) is -0.0395. The van der Waals surface area contributed by atoms with Crippen molar-refractivity contribution >= 4 is 39.9 Å². The molecule has 8 nitrogen and oxygen atoms in total. The maximum atomic E-state index is 12.1. The number of nitrogens with zero attached hydrogens (tertiary/aromatic N) is 2. The van der Waals surface area contributed by atoms with Crippen molar-refractivity contribution in [3.8, 4) is 17.0 Å². The average molecular weight is 452 g/mol. The minimum Gasteiger partial charge on any atom is -0.482 e. The van der Waals surface area contributed by atoms with Gasteiger partial charge in [-0.25, -0.2) is 4.98 Å². The van der Waals surface area contributed by atoms with Gasteiger partial charge in [-0.3, -0.25) is 19.7 Å². The van der Waals surface area contributed by atoms with Crippen LogP contribution in [0.15, 0.2) is 53.9 Å². The number of hydrogen-bond acceptors (Lipinski definition) is 7. The van der Waals surface area contributed by atoms with Gasteiger partial charge in [0.2, 0.25) is 0 Å². The summed E-state index contributed by atoms with van der Waals surface area (Å²) >= 11 is 1.29. The van der Waals surface area contributed by atoms with Gasteiger partial charge in [-0.15, -0.1) is 11.3 Å². The van der Waals surface area contributed by atoms with E-state index in [4.69, 9.17) is 9.47 Å². The number of anilines is 2. The SMILES string of the molecule is Cc1ccc(-c2csc(NC(=O)COC(=O)CCN3C(=O)COc4ccccc43)n2)cc1. The van der Waals surface area contributed by atoms with Crippen molar-refractivity contribution in [1.82, 2.24) is 4.98 Å². The molecule has 0 aliphatic carbocycles. The third kappa shape index (κ3) is 5.12. The maximum absolute atomic E-state index is 12.1. The Labute approximate surface area is 188 Å². The lowest BCUT2D eigenvalue weighted by Crippen LogP contribution is -2.40. The Bertz CT molecular complexity index is 1140. The number of carbonyl (C=O) groups excluding carboxylic acids is 3. The first-order chi connectivity index (χ1) is 15.5. The smallest absolute Gasteiger partial charge is 0.308 e. The molecule has 1 aliphatic heterocycles. The number of hydrogen-bond donors (Lipinski definition) is 1. The van der Waals surface area contributed by atoms with E-state index in [-0.39, 0.29) is 25.5 Å². The van der Waals surface area contributed by atoms with Crippen molar-refractivity contribution in [2.45, 2.75) is 13.3 Å². The van der Waals surface area contributed by atoms with Crippen LogP contribution >= 0.6 is 11.3 Å². The zero-order chi connectivity index (χ0) is 22.5. The molecule has 0 bridgehead atoms. The van der Waals surface area contributed by atoms with Gasteiger partial charge in [0.05, 0.1) is 17.8 Å². The molecule has 1 aromatic heterocycles. The summed E-state index contributed by atoms with van der Waals surface area (Å²) in [5.41, 5.74) is 3.49. The number of aryl methyl sites for hydroxylation is 1. The third-order valence-electron chi connectivity index (χ3n) is 4.81. The Hall–Kier alpha value is -3.72. The molecule has 0 saturated carbocycles. The van der Waals surface area contributed by atoms with Crippen LogP contribution in [0.2, 0.25) is 0 Å². The molecule has 0 unspecified atom stereocenters. The maximum Gasteiger partial charge on any atom is 0.308 e. The number of aromatic nitrogens is 1. The van der Waals surface area contributed by atoms with Gasteiger partial charge in [0.15, 0.2) is 18.3 Å². The van der Waals surface area contributed by atoms with E-state index in [2.05, 4.69) is 10.3 Å². The van der Waals surface area contributed by atoms with Gasteiger partial charge >= 0.3 is 5.97 Å². The van der Waals surface area contributed by atoms with E-state index in [0.29, 0.717) is 16.6 Å². The van der Waals surface area contributed by atoms with Crippen molar-refractivity contribution in [3.63, 3.8) is 0 Å². The van der Waals surface area contributed by atoms with E-state index in [0.717, 1.165) is 16.8 Å². The van der Waals surface area contributed by atoms with Crippen molar-refractivity contribution in [2.75, 3.05) is 30.0 Å². The molecule has 32 heavy (non-hydrogen) atoms. The molecule has 0 spiro atoms. The van der Waals surface area contributed by atoms with Crippen LogP contribution in [-0.4, -0.2) is 42.5 Å². The molecule has 2 aromatic carbocycles. The molecule has 1 aliphatic rings. The molecule has 9 heteroatoms. The van der Waals surface area contributed by atoms with Crippen molar-refractivity contribution in [1.29, 1.82) is 0 Å². The first-order valence-corrected chi connectivity index (χ1v) is 10.9. The minimum absolute atomic E-state index is 0.0395. The zero-order valence-corrected chi connectivity index (χ0v) is 18.2. The molecule has 4 rings (SSSR count). The molecule has 1 N–H and O–H groups in total. The summed E-state index contributed by atoms with van der Waals surface area (Å²) in [4.78, 5) is 42.2. The van der Waals surface area contributed by atoms with Crippen LogP contribution in [0.25, 0.3) is 11.3 Å². The Kier molecular flexibility index (Phi) is 6.46. The zero-order valence-electron chi connectivity index (χ0n) is 17.4. The quantitative estimate of drug-likeness (QED) is 0.553. The molecule has 164 valence electrons. The van der Waals surface area contributed by atoms with Crippen LogP contribution in [0.4, 0.5) is 10.8 Å². The highest BCUT2D eigenvalue weighted by molar-refractivity contribution is 7.14. The summed E-state index contributed by atoms with van der Waals surface area (Å²) < 4.78 is 10.4. The van der Waals surface area contributed by atoms with Gasteiger partial charge in [0.25, 0.3) is 11.8 Å². The Morgan fingerprint density at radius 3 is 2.78 bits per heavy atom. The number of para-hydroxylation sites is 2. The molecule has 0 radical (unpaired) electrons. The summed E-state index contributed by atoms with van der Waals surface area (Å²) in [5, 5.41) is 4.91. The number of carbonyl (C=O) groups is 3. The number of thiazole rings is 1. The van der Waals surface area contributed by atoms with Crippen molar-refractivity contribution in [2.24, 2.45) is 0 Å². The Balaban J connectivity index is 1.25. The fourth-order valence-corrected chi connectivity index (χ4v) is 3.90. The second kappa shape index (κ2) is 9.61. The third-order valence-corrected chi connectivity index (χ3v) is 5.57. The van der Waals surface area contributed by atoms with Crippen LogP contribution in [0.5, 0.6) is 5.75 Å². The first kappa shape index (κ1) is 21.5. The number of ether oxygens (including phenoxy) is 2. The average Bonchev–Trinajstić information content (AvgIpc) is 3.26. The molecular formula is C23H21N3O5S. The van der Waals surface area contributed by atoms with Crippen LogP contribution in [-0.2, 0) is 19.1 Å². The van der Waals surface area contributed by atoms with E-state index >= 15 is 0 Å². The standard InChI is InChI=1S/C23H21N3O5S/c1-15-6-8-16(9-7-15)17-14-32-23(24-17)25-20(27)12-31-22(29)10-11-26-18-4-2-3-5-19(18)30-13-21(26)28/h2-9,14H,10-13H2,1H3,(H,24,25,27). The van der Waals surface area contributed by atoms with Gasteiger partial charge in [-0.2, -0.15) is 0 Å². The topological polar surface area (TPSA) is 97.8 Å². The summed E-state index contributed by atoms with van der Waals surface area (Å²) in [6.45, 7) is 1.65. The van der Waals surface area contributed by atoms with Gasteiger partial charge in [-0.05, 0) is 19.1 Å². The summed E-state index contributed by atoms with van der Waals surface area (Å²) in [6, 6.07) is 15.0. The summed E-state index contributed by atoms with van der Waals surface area (Å²) in [7, 11) is 0. The normalized spacial score (nSPS) is 12.7. The highest BCUT2D eigenvalue weighted by Gasteiger charge is 2.25. The van der Waals surface area contributed by atoms with Crippen LogP contribution in [0, 0.1) is 6.92 Å². The van der Waals surface area contributed by atoms with E-state index in [1.54, 1.807) is 18.2 Å². The van der Waals surface area contributed by atoms with Gasteiger partial charge in [0.1, 0.15) is 5.75 Å². The minimum atomic E-state index is -0.573. The van der Waals surface area contributed by atoms with E-state index in [1.807, 2.05) is 42.6 Å². The molecule has 2 heterocycles. The molecule has 0 atom stereocenters. The van der Waals surface area contributed by atoms with E-state index in [1.165, 1.54) is 16.2 Å². The van der Waals surface area contributed by atoms with Crippen LogP contribution in [0.3, 0.4) is 0 Å². The second-order valence-electron chi connectivity index (χ2n) is 7.16. The number of benzene rings is 2. The molecule has 0 saturated heterocycles. The molecule has 2 amide bonds. The lowest BCUT2D eigenvalue weighted by molar-refractivity contribution is -0.147. The predicted octanol–water partition coefficient (Wildman–Crippen LogP) is 3.42. The number of esters is 1. The number of fused-ring (bicyclic) bond motifs is 1. The van der Waals surface area contributed by atoms with E-state index < -0.39 is 18.5 Å². The highest BCUT2D eigenvalue weighted by Crippen LogP contribution is 2.31. The molecule has 3 aromatic rings. The predicted molar refractivity (Wildman–Crippen MR) is 121 cm³/mol. The van der Waals surface area contributed by atoms with Crippen molar-refractivity contribution < 1.29 is 23.9 Å². The Morgan fingerprint density at radius 2 is 1.97 bits per heavy atom. The fourth-order valence-electron chi connectivity index (χ4n) is 3.16. The first-order valence-electron chi connectivity index (χ1n) is 10.00. The number of amides is 2. The molecular weight excluding hydrogens is 430 g/mol. The number of nitrogens with one attached hydrogen (secondary N) is 1. The van der Waals surface area contributed by atoms with Crippen LogP contribution < -0.4 is 15.0 Å². The lowest BCUT2D eigenvalue weighted by atomic mass is 10.1. The van der Waals surface area contributed by atoms with Gasteiger partial charge < -0.3 is 14.4 Å². The molecule has 0 fully saturated rings. The number of rotatable bonds is 7. The van der Waals surface area contributed by atoms with E-state index in [9.17, 15) is 14.4 Å². The lowest BCUT2D eigenvalue weighted by Gasteiger charge is -2.28. The second-order valence-corrected chi connectivity index (χ2v) is 8.02. The fraction of sp³-hybridized carbons (Fsp3) is 0.217. The monoisotopic (exact) mass is 451 g/mol. The largest absolute Gasteiger partial charge is 0.482 e. The van der Waals surface area contributed by atoms with Crippen LogP contribution in [0.1, 0.15) is 12.0 Å². The van der Waals surface area contributed by atoms with Gasteiger partial charge in [0, 0.05) is 17.5 Å². The van der Waals surface area contributed by atoms with Gasteiger partial charge in [-0.1, -0.05) is 42.0 Å².